The summed E-state index contributed by atoms with van der Waals surface area (Å²) in [5.41, 5.74) is 1.18. The van der Waals surface area contributed by atoms with Crippen LogP contribution in [0.3, 0.4) is 0 Å². The number of halogens is 1. The maximum absolute atomic E-state index is 14.2. The molecule has 114 valence electrons. The molecule has 2 aliphatic rings. The first kappa shape index (κ1) is 14.3. The van der Waals surface area contributed by atoms with Crippen LogP contribution in [-0.2, 0) is 4.79 Å². The molecule has 21 heavy (non-hydrogen) atoms. The van der Waals surface area contributed by atoms with Crippen LogP contribution in [0.15, 0.2) is 18.2 Å². The van der Waals surface area contributed by atoms with E-state index in [1.165, 1.54) is 6.07 Å². The molecule has 1 amide bonds. The topological polar surface area (TPSA) is 44.4 Å². The summed E-state index contributed by atoms with van der Waals surface area (Å²) in [5.74, 6) is -0.309. The third kappa shape index (κ3) is 3.53. The Labute approximate surface area is 124 Å². The maximum atomic E-state index is 14.2. The van der Waals surface area contributed by atoms with Crippen molar-refractivity contribution >= 4 is 17.3 Å². The average Bonchev–Trinajstić information content (AvgIpc) is 3.11. The zero-order chi connectivity index (χ0) is 14.7. The van der Waals surface area contributed by atoms with Crippen LogP contribution < -0.4 is 15.5 Å². The van der Waals surface area contributed by atoms with Crippen LogP contribution in [0.25, 0.3) is 0 Å². The van der Waals surface area contributed by atoms with Crippen molar-refractivity contribution in [3.05, 3.63) is 24.0 Å². The highest BCUT2D eigenvalue weighted by Crippen LogP contribution is 2.26. The zero-order valence-corrected chi connectivity index (χ0v) is 12.2. The molecule has 2 saturated heterocycles. The summed E-state index contributed by atoms with van der Waals surface area (Å²) in [6.07, 6.45) is 4.85. The lowest BCUT2D eigenvalue weighted by molar-refractivity contribution is -0.116. The maximum Gasteiger partial charge on any atom is 0.225 e. The first-order chi connectivity index (χ1) is 10.2. The van der Waals surface area contributed by atoms with E-state index in [1.54, 1.807) is 12.1 Å². The van der Waals surface area contributed by atoms with E-state index < -0.39 is 0 Å². The van der Waals surface area contributed by atoms with Crippen molar-refractivity contribution in [2.24, 2.45) is 0 Å². The Morgan fingerprint density at radius 3 is 2.81 bits per heavy atom. The summed E-state index contributed by atoms with van der Waals surface area (Å²) in [6, 6.07) is 5.24. The smallest absolute Gasteiger partial charge is 0.225 e. The molecule has 1 aromatic carbocycles. The molecule has 4 nitrogen and oxygen atoms in total. The fourth-order valence-electron chi connectivity index (χ4n) is 3.17. The molecular formula is C16H22FN3O. The Balaban J connectivity index is 1.60. The Kier molecular flexibility index (Phi) is 4.39. The number of anilines is 2. The lowest BCUT2D eigenvalue weighted by Gasteiger charge is -2.19. The first-order valence-electron chi connectivity index (χ1n) is 7.80. The van der Waals surface area contributed by atoms with E-state index >= 15 is 0 Å². The number of hydrogen-bond acceptors (Lipinski definition) is 3. The Morgan fingerprint density at radius 1 is 1.33 bits per heavy atom. The molecule has 1 unspecified atom stereocenters. The van der Waals surface area contributed by atoms with E-state index in [2.05, 4.69) is 15.5 Å². The number of nitrogens with zero attached hydrogens (tertiary/aromatic N) is 1. The van der Waals surface area contributed by atoms with Gasteiger partial charge in [0, 0.05) is 31.2 Å². The molecule has 0 spiro atoms. The number of benzene rings is 1. The third-order valence-corrected chi connectivity index (χ3v) is 4.27. The molecule has 0 aliphatic carbocycles. The average molecular weight is 291 g/mol. The van der Waals surface area contributed by atoms with Crippen molar-refractivity contribution in [3.8, 4) is 0 Å². The van der Waals surface area contributed by atoms with Gasteiger partial charge in [0.25, 0.3) is 0 Å². The molecule has 2 N–H and O–H groups in total. The zero-order valence-electron chi connectivity index (χ0n) is 12.2. The highest BCUT2D eigenvalue weighted by molar-refractivity contribution is 5.91. The molecule has 1 atom stereocenters. The van der Waals surface area contributed by atoms with Crippen molar-refractivity contribution in [3.63, 3.8) is 0 Å². The van der Waals surface area contributed by atoms with E-state index in [9.17, 15) is 9.18 Å². The summed E-state index contributed by atoms with van der Waals surface area (Å²) in [4.78, 5) is 14.0. The fourth-order valence-corrected chi connectivity index (χ4v) is 3.17. The van der Waals surface area contributed by atoms with E-state index in [1.807, 2.05) is 0 Å². The van der Waals surface area contributed by atoms with Gasteiger partial charge in [-0.15, -0.1) is 0 Å². The standard InChI is InChI=1S/C16H22FN3O/c17-14-10-13(5-6-15(14)20-8-1-2-9-20)19-16(21)11-12-4-3-7-18-12/h5-6,10,12,18H,1-4,7-9,11H2,(H,19,21). The molecule has 5 heteroatoms. The second-order valence-electron chi connectivity index (χ2n) is 5.91. The molecule has 0 aromatic heterocycles. The van der Waals surface area contributed by atoms with Crippen LogP contribution >= 0.6 is 0 Å². The number of nitrogens with one attached hydrogen (secondary N) is 2. The van der Waals surface area contributed by atoms with Crippen LogP contribution in [-0.4, -0.2) is 31.6 Å². The van der Waals surface area contributed by atoms with Gasteiger partial charge < -0.3 is 15.5 Å². The van der Waals surface area contributed by atoms with Gasteiger partial charge in [-0.3, -0.25) is 4.79 Å². The van der Waals surface area contributed by atoms with Crippen LogP contribution in [0.5, 0.6) is 0 Å². The van der Waals surface area contributed by atoms with Crippen LogP contribution in [0.1, 0.15) is 32.1 Å². The van der Waals surface area contributed by atoms with E-state index in [4.69, 9.17) is 0 Å². The van der Waals surface area contributed by atoms with Gasteiger partial charge in [0.15, 0.2) is 0 Å². The highest BCUT2D eigenvalue weighted by atomic mass is 19.1. The summed E-state index contributed by atoms with van der Waals surface area (Å²) in [7, 11) is 0. The summed E-state index contributed by atoms with van der Waals surface area (Å²) >= 11 is 0. The monoisotopic (exact) mass is 291 g/mol. The largest absolute Gasteiger partial charge is 0.369 e. The van der Waals surface area contributed by atoms with E-state index in [0.29, 0.717) is 17.8 Å². The van der Waals surface area contributed by atoms with Crippen molar-refractivity contribution in [2.45, 2.75) is 38.1 Å². The molecule has 2 aliphatic heterocycles. The molecule has 3 rings (SSSR count). The Hall–Kier alpha value is -1.62. The fraction of sp³-hybridized carbons (Fsp3) is 0.562. The van der Waals surface area contributed by atoms with Crippen molar-refractivity contribution in [2.75, 3.05) is 29.9 Å². The van der Waals surface area contributed by atoms with Crippen molar-refractivity contribution < 1.29 is 9.18 Å². The molecule has 1 aromatic rings. The normalized spacial score (nSPS) is 21.8. The number of amides is 1. The number of carbonyl (C=O) groups excluding carboxylic acids is 1. The predicted molar refractivity (Wildman–Crippen MR) is 82.1 cm³/mol. The van der Waals surface area contributed by atoms with Gasteiger partial charge in [-0.2, -0.15) is 0 Å². The molecule has 2 heterocycles. The molecule has 0 saturated carbocycles. The van der Waals surface area contributed by atoms with Crippen LogP contribution in [0, 0.1) is 5.82 Å². The summed E-state index contributed by atoms with van der Waals surface area (Å²) in [6.45, 7) is 2.81. The Morgan fingerprint density at radius 2 is 2.14 bits per heavy atom. The Bertz CT molecular complexity index is 508. The minimum absolute atomic E-state index is 0.0530. The molecule has 2 fully saturated rings. The number of carbonyl (C=O) groups is 1. The molecule has 0 radical (unpaired) electrons. The van der Waals surface area contributed by atoms with Crippen molar-refractivity contribution in [1.29, 1.82) is 0 Å². The lowest BCUT2D eigenvalue weighted by Crippen LogP contribution is -2.27. The van der Waals surface area contributed by atoms with Gasteiger partial charge in [0.1, 0.15) is 5.82 Å². The second-order valence-corrected chi connectivity index (χ2v) is 5.91. The van der Waals surface area contributed by atoms with Crippen LogP contribution in [0.4, 0.5) is 15.8 Å². The van der Waals surface area contributed by atoms with Crippen LogP contribution in [0.2, 0.25) is 0 Å². The third-order valence-electron chi connectivity index (χ3n) is 4.27. The van der Waals surface area contributed by atoms with E-state index in [-0.39, 0.29) is 17.8 Å². The van der Waals surface area contributed by atoms with E-state index in [0.717, 1.165) is 45.3 Å². The van der Waals surface area contributed by atoms with Crippen molar-refractivity contribution in [1.82, 2.24) is 5.32 Å². The predicted octanol–water partition coefficient (Wildman–Crippen LogP) is 2.51. The minimum Gasteiger partial charge on any atom is -0.369 e. The molecule has 0 bridgehead atoms. The number of rotatable bonds is 4. The second kappa shape index (κ2) is 6.43. The highest BCUT2D eigenvalue weighted by Gasteiger charge is 2.19. The SMILES string of the molecule is O=C(CC1CCCN1)Nc1ccc(N2CCCC2)c(F)c1. The van der Waals surface area contributed by atoms with Gasteiger partial charge >= 0.3 is 0 Å². The number of hydrogen-bond donors (Lipinski definition) is 2. The van der Waals surface area contributed by atoms with Gasteiger partial charge in [0.2, 0.25) is 5.91 Å². The van der Waals surface area contributed by atoms with Gasteiger partial charge in [0.05, 0.1) is 5.69 Å². The van der Waals surface area contributed by atoms with Gasteiger partial charge in [-0.1, -0.05) is 0 Å². The minimum atomic E-state index is -0.256. The lowest BCUT2D eigenvalue weighted by atomic mass is 10.1. The van der Waals surface area contributed by atoms with Gasteiger partial charge in [-0.05, 0) is 50.4 Å². The van der Waals surface area contributed by atoms with Gasteiger partial charge in [-0.25, -0.2) is 4.39 Å². The summed E-state index contributed by atoms with van der Waals surface area (Å²) < 4.78 is 14.2. The quantitative estimate of drug-likeness (QED) is 0.896. The first-order valence-corrected chi connectivity index (χ1v) is 7.80. The molecular weight excluding hydrogens is 269 g/mol. The summed E-state index contributed by atoms with van der Waals surface area (Å²) in [5, 5.41) is 6.08.